The maximum absolute atomic E-state index is 13.8. The Bertz CT molecular complexity index is 1330. The molecule has 0 spiro atoms. The zero-order valence-corrected chi connectivity index (χ0v) is 31.2. The van der Waals surface area contributed by atoms with Gasteiger partial charge in [0.15, 0.2) is 6.04 Å². The Morgan fingerprint density at radius 3 is 1.93 bits per heavy atom. The molecule has 2 heterocycles. The van der Waals surface area contributed by atoms with Gasteiger partial charge in [0.1, 0.15) is 30.2 Å². The summed E-state index contributed by atoms with van der Waals surface area (Å²) in [5.74, 6) is -7.34. The van der Waals surface area contributed by atoms with Gasteiger partial charge in [0.25, 0.3) is 0 Å². The molecule has 0 aromatic heterocycles. The molecule has 20 nitrogen and oxygen atoms in total. The number of unbranched alkanes of at least 4 members (excludes halogenated alkanes) is 1. The molecule has 12 N–H and O–H groups in total. The van der Waals surface area contributed by atoms with Crippen molar-refractivity contribution in [3.63, 3.8) is 0 Å². The third kappa shape index (κ3) is 14.4. The predicted molar refractivity (Wildman–Crippen MR) is 191 cm³/mol. The van der Waals surface area contributed by atoms with Gasteiger partial charge in [-0.3, -0.25) is 33.6 Å². The standard InChI is InChI=1S/C34H58N8O12/c1-18(2)16-23(39-28(47)20-9-6-14-36-20)33(52)42-15-7-10-25(42)32(51)40-24(17-43)31(50)37-21(8-4-5-13-35)29(48)38-22(11-12-26(45)46)30(49)41-27(19(3)44)34(53)54/h18-25,27,36,43-44H,4-17,35H2,1-3H3,(H,37,50)(H,38,48)(H,39,47)(H,40,51)(H,41,49)(H,45,46)(H,53,54)/t19-,20+,21+,22+,23+,24+,25+,27+/m1/s1. The van der Waals surface area contributed by atoms with E-state index in [-0.39, 0.29) is 37.8 Å². The largest absolute Gasteiger partial charge is 0.481 e. The van der Waals surface area contributed by atoms with Crippen LogP contribution >= 0.6 is 0 Å². The van der Waals surface area contributed by atoms with Crippen LogP contribution in [0.15, 0.2) is 0 Å². The molecule has 20 heteroatoms. The van der Waals surface area contributed by atoms with E-state index in [1.165, 1.54) is 4.90 Å². The number of carboxylic acid groups (broad SMARTS) is 2. The first kappa shape index (κ1) is 45.8. The van der Waals surface area contributed by atoms with Crippen molar-refractivity contribution in [2.24, 2.45) is 11.7 Å². The van der Waals surface area contributed by atoms with E-state index < -0.39 is 109 Å². The van der Waals surface area contributed by atoms with E-state index in [9.17, 15) is 58.8 Å². The molecule has 0 aromatic carbocycles. The van der Waals surface area contributed by atoms with Gasteiger partial charge in [-0.25, -0.2) is 4.79 Å². The average molecular weight is 771 g/mol. The van der Waals surface area contributed by atoms with Gasteiger partial charge in [0.2, 0.25) is 35.4 Å². The Morgan fingerprint density at radius 1 is 0.778 bits per heavy atom. The zero-order valence-electron chi connectivity index (χ0n) is 31.2. The molecule has 2 saturated heterocycles. The summed E-state index contributed by atoms with van der Waals surface area (Å²) >= 11 is 0. The van der Waals surface area contributed by atoms with Crippen LogP contribution in [-0.2, 0) is 38.4 Å². The summed E-state index contributed by atoms with van der Waals surface area (Å²) < 4.78 is 0. The Morgan fingerprint density at radius 2 is 1.39 bits per heavy atom. The summed E-state index contributed by atoms with van der Waals surface area (Å²) in [4.78, 5) is 104. The highest BCUT2D eigenvalue weighted by Gasteiger charge is 2.40. The summed E-state index contributed by atoms with van der Waals surface area (Å²) in [7, 11) is 0. The van der Waals surface area contributed by atoms with Crippen molar-refractivity contribution in [2.45, 2.75) is 133 Å². The minimum absolute atomic E-state index is 0.0240. The van der Waals surface area contributed by atoms with Crippen molar-refractivity contribution in [1.82, 2.24) is 36.8 Å². The van der Waals surface area contributed by atoms with Gasteiger partial charge in [-0.05, 0) is 83.7 Å². The summed E-state index contributed by atoms with van der Waals surface area (Å²) in [6.45, 7) is 5.19. The minimum Gasteiger partial charge on any atom is -0.481 e. The first-order valence-electron chi connectivity index (χ1n) is 18.5. The van der Waals surface area contributed by atoms with E-state index in [2.05, 4.69) is 31.9 Å². The molecule has 54 heavy (non-hydrogen) atoms. The molecular formula is C34H58N8O12. The second-order valence-corrected chi connectivity index (χ2v) is 14.2. The van der Waals surface area contributed by atoms with Crippen molar-refractivity contribution >= 4 is 47.4 Å². The van der Waals surface area contributed by atoms with E-state index in [1.54, 1.807) is 0 Å². The lowest BCUT2D eigenvalue weighted by Crippen LogP contribution is -2.60. The molecule has 2 rings (SSSR count). The fourth-order valence-electron chi connectivity index (χ4n) is 6.32. The Hall–Kier alpha value is -4.40. The van der Waals surface area contributed by atoms with Crippen molar-refractivity contribution < 1.29 is 58.8 Å². The summed E-state index contributed by atoms with van der Waals surface area (Å²) in [5.41, 5.74) is 5.59. The molecule has 0 saturated carbocycles. The predicted octanol–water partition coefficient (Wildman–Crippen LogP) is -3.35. The molecule has 0 radical (unpaired) electrons. The smallest absolute Gasteiger partial charge is 0.328 e. The van der Waals surface area contributed by atoms with Crippen LogP contribution in [0.2, 0.25) is 0 Å². The van der Waals surface area contributed by atoms with E-state index in [1.807, 2.05) is 13.8 Å². The van der Waals surface area contributed by atoms with Gasteiger partial charge in [0.05, 0.1) is 18.8 Å². The normalized spacial score (nSPS) is 20.2. The lowest BCUT2D eigenvalue weighted by atomic mass is 10.0. The number of nitrogens with two attached hydrogens (primary N) is 1. The number of carbonyl (C=O) groups is 8. The highest BCUT2D eigenvalue weighted by molar-refractivity contribution is 5.97. The highest BCUT2D eigenvalue weighted by Crippen LogP contribution is 2.21. The number of aliphatic hydroxyl groups is 2. The second-order valence-electron chi connectivity index (χ2n) is 14.2. The monoisotopic (exact) mass is 770 g/mol. The topological polar surface area (TPSA) is 319 Å². The van der Waals surface area contributed by atoms with Crippen LogP contribution in [0, 0.1) is 5.92 Å². The quantitative estimate of drug-likeness (QED) is 0.0453. The van der Waals surface area contributed by atoms with Crippen molar-refractivity contribution in [1.29, 1.82) is 0 Å². The molecule has 0 unspecified atom stereocenters. The molecule has 0 aromatic rings. The van der Waals surface area contributed by atoms with Crippen molar-refractivity contribution in [2.75, 3.05) is 26.2 Å². The Kier molecular flexibility index (Phi) is 19.3. The lowest BCUT2D eigenvalue weighted by Gasteiger charge is -2.31. The first-order chi connectivity index (χ1) is 25.5. The number of rotatable bonds is 23. The lowest BCUT2D eigenvalue weighted by molar-refractivity contribution is -0.145. The number of nitrogens with one attached hydrogen (secondary N) is 6. The number of aliphatic carboxylic acids is 2. The highest BCUT2D eigenvalue weighted by atomic mass is 16.4. The van der Waals surface area contributed by atoms with Crippen LogP contribution in [0.4, 0.5) is 0 Å². The molecule has 8 atom stereocenters. The van der Waals surface area contributed by atoms with Crippen molar-refractivity contribution in [3.8, 4) is 0 Å². The van der Waals surface area contributed by atoms with E-state index in [0.29, 0.717) is 38.6 Å². The molecule has 306 valence electrons. The number of carbonyl (C=O) groups excluding carboxylic acids is 6. The van der Waals surface area contributed by atoms with E-state index in [0.717, 1.165) is 13.3 Å². The molecule has 0 aliphatic carbocycles. The molecule has 2 aliphatic rings. The van der Waals surface area contributed by atoms with Crippen LogP contribution in [0.1, 0.15) is 85.0 Å². The number of hydrogen-bond donors (Lipinski definition) is 11. The fraction of sp³-hybridized carbons (Fsp3) is 0.765. The average Bonchev–Trinajstić information content (AvgIpc) is 3.83. The van der Waals surface area contributed by atoms with E-state index >= 15 is 0 Å². The van der Waals surface area contributed by atoms with Crippen LogP contribution in [0.5, 0.6) is 0 Å². The van der Waals surface area contributed by atoms with Crippen LogP contribution in [-0.4, -0.2) is 147 Å². The minimum atomic E-state index is -1.77. The van der Waals surface area contributed by atoms with E-state index in [4.69, 9.17) is 5.73 Å². The maximum Gasteiger partial charge on any atom is 0.328 e. The molecular weight excluding hydrogens is 712 g/mol. The maximum atomic E-state index is 13.8. The van der Waals surface area contributed by atoms with Crippen LogP contribution in [0.25, 0.3) is 0 Å². The molecule has 2 fully saturated rings. The third-order valence-corrected chi connectivity index (χ3v) is 9.26. The number of carboxylic acids is 2. The second kappa shape index (κ2) is 22.7. The summed E-state index contributed by atoms with van der Waals surface area (Å²) in [6.07, 6.45) is 0.641. The molecule has 0 bridgehead atoms. The van der Waals surface area contributed by atoms with Gasteiger partial charge in [-0.1, -0.05) is 13.8 Å². The van der Waals surface area contributed by atoms with Gasteiger partial charge in [0, 0.05) is 13.0 Å². The summed E-state index contributed by atoms with van der Waals surface area (Å²) in [6, 6.07) is -8.61. The first-order valence-corrected chi connectivity index (χ1v) is 18.5. The number of nitrogens with zero attached hydrogens (tertiary/aromatic N) is 1. The van der Waals surface area contributed by atoms with Crippen molar-refractivity contribution in [3.05, 3.63) is 0 Å². The Balaban J connectivity index is 2.19. The molecule has 6 amide bonds. The number of likely N-dealkylation sites (tertiary alicyclic amines) is 1. The molecule has 2 aliphatic heterocycles. The third-order valence-electron chi connectivity index (χ3n) is 9.26. The fourth-order valence-corrected chi connectivity index (χ4v) is 6.32. The SMILES string of the molecule is CC(C)C[C@H](NC(=O)[C@@H]1CCCN1)C(=O)N1CCC[C@H]1C(=O)N[C@@H](CO)C(=O)N[C@@H](CCCCN)C(=O)N[C@@H](CCC(=O)O)C(=O)N[C@H](C(=O)O)[C@@H](C)O. The number of amides is 6. The zero-order chi connectivity index (χ0) is 40.5. The van der Waals surface area contributed by atoms with Gasteiger partial charge >= 0.3 is 11.9 Å². The number of aliphatic hydroxyl groups excluding tert-OH is 2. The number of hydrogen-bond acceptors (Lipinski definition) is 12. The van der Waals surface area contributed by atoms with Crippen LogP contribution < -0.4 is 37.6 Å². The summed E-state index contributed by atoms with van der Waals surface area (Å²) in [5, 5.41) is 53.7. The van der Waals surface area contributed by atoms with Gasteiger partial charge in [-0.2, -0.15) is 0 Å². The van der Waals surface area contributed by atoms with Gasteiger partial charge < -0.3 is 63.0 Å². The Labute approximate surface area is 314 Å². The van der Waals surface area contributed by atoms with Crippen LogP contribution in [0.3, 0.4) is 0 Å². The van der Waals surface area contributed by atoms with Gasteiger partial charge in [-0.15, -0.1) is 0 Å².